The Morgan fingerprint density at radius 3 is 2.70 bits per heavy atom. The summed E-state index contributed by atoms with van der Waals surface area (Å²) in [6.07, 6.45) is 2.22. The summed E-state index contributed by atoms with van der Waals surface area (Å²) in [5, 5.41) is 23.9. The third kappa shape index (κ3) is 3.72. The summed E-state index contributed by atoms with van der Waals surface area (Å²) in [5.74, 6) is -1.09. The molecule has 1 fully saturated rings. The van der Waals surface area contributed by atoms with Gasteiger partial charge in [0.2, 0.25) is 5.91 Å². The molecule has 1 aromatic rings. The highest BCUT2D eigenvalue weighted by atomic mass is 16.6. The molecule has 0 radical (unpaired) electrons. The van der Waals surface area contributed by atoms with Gasteiger partial charge >= 0.3 is 11.9 Å². The Kier molecular flexibility index (Phi) is 6.23. The van der Waals surface area contributed by atoms with E-state index in [9.17, 15) is 24.6 Å². The molecule has 2 aliphatic carbocycles. The van der Waals surface area contributed by atoms with E-state index in [1.165, 1.54) is 0 Å². The minimum Gasteiger partial charge on any atom is -0.493 e. The lowest BCUT2D eigenvalue weighted by Crippen LogP contribution is -2.74. The van der Waals surface area contributed by atoms with Crippen molar-refractivity contribution >= 4 is 17.8 Å². The number of hydrogen-bond acceptors (Lipinski definition) is 8. The molecule has 0 aromatic heterocycles. The molecule has 200 valence electrons. The van der Waals surface area contributed by atoms with Crippen molar-refractivity contribution in [2.24, 2.45) is 5.92 Å². The molecule has 5 atom stereocenters. The Labute approximate surface area is 215 Å². The smallest absolute Gasteiger partial charge is 0.326 e. The van der Waals surface area contributed by atoms with Crippen molar-refractivity contribution in [1.82, 2.24) is 10.2 Å². The first kappa shape index (κ1) is 25.5. The number of piperidine rings is 1. The fraction of sp³-hybridized carbons (Fsp3) is 0.593. The van der Waals surface area contributed by atoms with Gasteiger partial charge in [-0.2, -0.15) is 0 Å². The topological polar surface area (TPSA) is 135 Å². The van der Waals surface area contributed by atoms with Gasteiger partial charge in [0.25, 0.3) is 0 Å². The lowest BCUT2D eigenvalue weighted by molar-refractivity contribution is -0.169. The largest absolute Gasteiger partial charge is 0.493 e. The van der Waals surface area contributed by atoms with Gasteiger partial charge in [-0.1, -0.05) is 19.9 Å². The fourth-order valence-corrected chi connectivity index (χ4v) is 6.75. The van der Waals surface area contributed by atoms with Crippen molar-refractivity contribution in [3.05, 3.63) is 35.1 Å². The number of hydrogen-bond donors (Lipinski definition) is 3. The van der Waals surface area contributed by atoms with Crippen molar-refractivity contribution in [2.45, 2.75) is 75.2 Å². The van der Waals surface area contributed by atoms with Crippen LogP contribution in [0.3, 0.4) is 0 Å². The van der Waals surface area contributed by atoms with E-state index >= 15 is 0 Å². The van der Waals surface area contributed by atoms with Gasteiger partial charge in [0.05, 0.1) is 24.5 Å². The van der Waals surface area contributed by atoms with Crippen molar-refractivity contribution in [2.75, 3.05) is 20.7 Å². The molecule has 10 nitrogen and oxygen atoms in total. The van der Waals surface area contributed by atoms with E-state index in [1.54, 1.807) is 27.0 Å². The molecule has 5 rings (SSSR count). The molecular weight excluding hydrogens is 480 g/mol. The average molecular weight is 515 g/mol. The molecule has 1 amide bonds. The summed E-state index contributed by atoms with van der Waals surface area (Å²) in [4.78, 5) is 38.6. The van der Waals surface area contributed by atoms with Crippen LogP contribution < -0.4 is 14.8 Å². The van der Waals surface area contributed by atoms with E-state index in [-0.39, 0.29) is 24.8 Å². The summed E-state index contributed by atoms with van der Waals surface area (Å²) in [6, 6.07) is 2.76. The second-order valence-corrected chi connectivity index (χ2v) is 10.9. The van der Waals surface area contributed by atoms with Crippen LogP contribution in [0, 0.1) is 5.92 Å². The van der Waals surface area contributed by atoms with Crippen LogP contribution in [-0.4, -0.2) is 77.4 Å². The van der Waals surface area contributed by atoms with Gasteiger partial charge in [0, 0.05) is 24.4 Å². The highest BCUT2D eigenvalue weighted by molar-refractivity contribution is 5.86. The van der Waals surface area contributed by atoms with E-state index in [0.29, 0.717) is 36.5 Å². The molecule has 2 heterocycles. The molecule has 3 N–H and O–H groups in total. The van der Waals surface area contributed by atoms with Crippen LogP contribution in [0.1, 0.15) is 50.7 Å². The molecule has 1 aromatic carbocycles. The number of carbonyl (C=O) groups is 3. The van der Waals surface area contributed by atoms with Crippen LogP contribution in [0.5, 0.6) is 11.5 Å². The van der Waals surface area contributed by atoms with Crippen LogP contribution >= 0.6 is 0 Å². The van der Waals surface area contributed by atoms with Crippen molar-refractivity contribution in [1.29, 1.82) is 0 Å². The zero-order chi connectivity index (χ0) is 26.7. The molecule has 1 spiro atoms. The maximum absolute atomic E-state index is 12.8. The normalized spacial score (nSPS) is 30.1. The average Bonchev–Trinajstić information content (AvgIpc) is 3.20. The predicted octanol–water partition coefficient (Wildman–Crippen LogP) is 1.52. The number of carbonyl (C=O) groups excluding carboxylic acids is 2. The first-order valence-electron chi connectivity index (χ1n) is 12.8. The number of benzene rings is 1. The number of amides is 1. The van der Waals surface area contributed by atoms with Gasteiger partial charge in [0.1, 0.15) is 11.8 Å². The van der Waals surface area contributed by atoms with Crippen LogP contribution in [-0.2, 0) is 31.0 Å². The highest BCUT2D eigenvalue weighted by Gasteiger charge is 2.72. The van der Waals surface area contributed by atoms with Crippen molar-refractivity contribution < 1.29 is 38.8 Å². The quantitative estimate of drug-likeness (QED) is 0.441. The molecule has 10 heteroatoms. The summed E-state index contributed by atoms with van der Waals surface area (Å²) < 4.78 is 17.8. The van der Waals surface area contributed by atoms with E-state index < -0.39 is 41.0 Å². The third-order valence-electron chi connectivity index (χ3n) is 8.60. The van der Waals surface area contributed by atoms with Gasteiger partial charge in [-0.25, -0.2) is 4.79 Å². The highest BCUT2D eigenvalue weighted by Crippen LogP contribution is 2.65. The summed E-state index contributed by atoms with van der Waals surface area (Å²) >= 11 is 0. The van der Waals surface area contributed by atoms with Crippen molar-refractivity contribution in [3.8, 4) is 11.5 Å². The Morgan fingerprint density at radius 1 is 1.27 bits per heavy atom. The van der Waals surface area contributed by atoms with E-state index in [4.69, 9.17) is 14.2 Å². The number of methoxy groups -OCH3 is 1. The lowest BCUT2D eigenvalue weighted by atomic mass is 9.50. The summed E-state index contributed by atoms with van der Waals surface area (Å²) in [5.41, 5.74) is 0.156. The Balaban J connectivity index is 1.38. The number of aliphatic carboxylic acids is 1. The minimum absolute atomic E-state index is 0.112. The fourth-order valence-electron chi connectivity index (χ4n) is 6.75. The number of likely N-dealkylation sites (tertiary alicyclic amines) is 1. The lowest BCUT2D eigenvalue weighted by Gasteiger charge is -2.61. The molecule has 1 unspecified atom stereocenters. The van der Waals surface area contributed by atoms with Crippen LogP contribution in [0.4, 0.5) is 0 Å². The zero-order valence-corrected chi connectivity index (χ0v) is 21.6. The predicted molar refractivity (Wildman–Crippen MR) is 131 cm³/mol. The van der Waals surface area contributed by atoms with E-state index in [2.05, 4.69) is 10.2 Å². The number of nitrogens with zero attached hydrogens (tertiary/aromatic N) is 1. The third-order valence-corrected chi connectivity index (χ3v) is 8.60. The second-order valence-electron chi connectivity index (χ2n) is 10.9. The Hall–Kier alpha value is -3.11. The molecule has 37 heavy (non-hydrogen) atoms. The maximum atomic E-state index is 12.8. The van der Waals surface area contributed by atoms with Gasteiger partial charge in [0.15, 0.2) is 17.6 Å². The van der Waals surface area contributed by atoms with Crippen LogP contribution in [0.2, 0.25) is 0 Å². The maximum Gasteiger partial charge on any atom is 0.326 e. The molecule has 0 saturated carbocycles. The Bertz CT molecular complexity index is 1180. The number of aliphatic hydroxyl groups is 1. The number of nitrogens with one attached hydrogen (secondary N) is 1. The number of esters is 1. The second kappa shape index (κ2) is 9.02. The van der Waals surface area contributed by atoms with Crippen LogP contribution in [0.25, 0.3) is 0 Å². The number of carboxylic acids is 1. The van der Waals surface area contributed by atoms with E-state index in [0.717, 1.165) is 17.7 Å². The van der Waals surface area contributed by atoms with Gasteiger partial charge in [-0.3, -0.25) is 9.59 Å². The Morgan fingerprint density at radius 2 is 2.03 bits per heavy atom. The van der Waals surface area contributed by atoms with Gasteiger partial charge in [-0.05, 0) is 50.1 Å². The molecule has 1 saturated heterocycles. The number of rotatable bonds is 8. The monoisotopic (exact) mass is 514 g/mol. The molecule has 2 bridgehead atoms. The minimum atomic E-state index is -1.12. The standard InChI is InChI=1S/C27H34N2O8/c1-14(2)22(25(32)33)28-19(30)7-8-20(31)36-17-9-10-27(34)18-13-15-5-6-16(35-4)23-21(15)26(27,24(17)37-23)11-12-29(18)3/h5-6,9,14,18,22,24,34H,7-8,10-13H2,1-4H3,(H,28,30)(H,32,33)/t18-,22+,24?,26+,27-/m1/s1. The summed E-state index contributed by atoms with van der Waals surface area (Å²) in [6.45, 7) is 4.15. The zero-order valence-electron chi connectivity index (χ0n) is 21.6. The molecular formula is C27H34N2O8. The first-order valence-corrected chi connectivity index (χ1v) is 12.8. The molecule has 4 aliphatic rings. The van der Waals surface area contributed by atoms with Crippen LogP contribution in [0.15, 0.2) is 24.0 Å². The van der Waals surface area contributed by atoms with Gasteiger partial charge in [-0.15, -0.1) is 0 Å². The SMILES string of the molecule is COc1ccc2c3c1OC1C(OC(=O)CCC(=O)N[C@H](C(=O)O)C(C)C)=CC[C@@]4(O)[C@@H](C2)N(C)CC[C@]314. The summed E-state index contributed by atoms with van der Waals surface area (Å²) in [7, 11) is 3.60. The van der Waals surface area contributed by atoms with E-state index in [1.807, 2.05) is 19.2 Å². The van der Waals surface area contributed by atoms with Gasteiger partial charge < -0.3 is 34.6 Å². The number of carboxylic acid groups (broad SMARTS) is 1. The molecule has 2 aliphatic heterocycles. The number of ether oxygens (including phenoxy) is 3. The first-order chi connectivity index (χ1) is 17.5. The number of likely N-dealkylation sites (N-methyl/N-ethyl adjacent to an activating group) is 1. The van der Waals surface area contributed by atoms with Crippen molar-refractivity contribution in [3.63, 3.8) is 0 Å².